The molecule has 0 heterocycles. The summed E-state index contributed by atoms with van der Waals surface area (Å²) in [5.74, 6) is -0.439. The van der Waals surface area contributed by atoms with E-state index in [1.807, 2.05) is 37.3 Å². The van der Waals surface area contributed by atoms with E-state index >= 15 is 0 Å². The number of carbonyl (C=O) groups excluding carboxylic acids is 2. The highest BCUT2D eigenvalue weighted by molar-refractivity contribution is 7.92. The van der Waals surface area contributed by atoms with Gasteiger partial charge in [0.1, 0.15) is 17.6 Å². The van der Waals surface area contributed by atoms with Gasteiger partial charge >= 0.3 is 0 Å². The highest BCUT2D eigenvalue weighted by atomic mass is 32.2. The molecule has 1 atom stereocenters. The molecule has 0 bridgehead atoms. The Kier molecular flexibility index (Phi) is 12.4. The molecule has 10 heteroatoms. The van der Waals surface area contributed by atoms with Crippen LogP contribution in [0.5, 0.6) is 5.75 Å². The average Bonchev–Trinajstić information content (AvgIpc) is 3.03. The third-order valence-corrected chi connectivity index (χ3v) is 9.30. The standard InChI is InChI=1S/C35H44FN3O5S/c1-3-44-31-22-20-30(21-23-31)39(45(2,42)43)24-12-19-34(40)38(26-28-15-10-11-18-32(28)36)33(25-27-13-6-4-7-14-27)35(41)37-29-16-8-5-9-17-29/h4,6-7,10-11,13-15,18,20-23,29,33H,3,5,8-9,12,16-17,19,24-26H2,1-2H3,(H,37,41). The number of anilines is 1. The molecule has 3 aromatic rings. The van der Waals surface area contributed by atoms with E-state index in [2.05, 4.69) is 5.32 Å². The topological polar surface area (TPSA) is 96.0 Å². The lowest BCUT2D eigenvalue weighted by Gasteiger charge is -2.34. The van der Waals surface area contributed by atoms with Gasteiger partial charge in [0.05, 0.1) is 18.6 Å². The Morgan fingerprint density at radius 1 is 0.956 bits per heavy atom. The smallest absolute Gasteiger partial charge is 0.243 e. The van der Waals surface area contributed by atoms with Gasteiger partial charge in [0.2, 0.25) is 21.8 Å². The van der Waals surface area contributed by atoms with Gasteiger partial charge in [-0.25, -0.2) is 12.8 Å². The van der Waals surface area contributed by atoms with Crippen LogP contribution in [0.4, 0.5) is 10.1 Å². The lowest BCUT2D eigenvalue weighted by atomic mass is 9.94. The van der Waals surface area contributed by atoms with Gasteiger partial charge in [-0.05, 0) is 62.1 Å². The number of ether oxygens (including phenoxy) is 1. The van der Waals surface area contributed by atoms with Crippen molar-refractivity contribution in [3.05, 3.63) is 95.8 Å². The minimum absolute atomic E-state index is 0.0283. The molecule has 1 fully saturated rings. The maximum Gasteiger partial charge on any atom is 0.243 e. The molecule has 2 amide bonds. The molecule has 242 valence electrons. The molecule has 1 N–H and O–H groups in total. The van der Waals surface area contributed by atoms with Crippen molar-refractivity contribution < 1.29 is 27.1 Å². The van der Waals surface area contributed by atoms with Crippen LogP contribution in [0.25, 0.3) is 0 Å². The predicted octanol–water partition coefficient (Wildman–Crippen LogP) is 5.86. The van der Waals surface area contributed by atoms with Gasteiger partial charge in [-0.2, -0.15) is 0 Å². The fourth-order valence-electron chi connectivity index (χ4n) is 5.79. The van der Waals surface area contributed by atoms with Gasteiger partial charge in [-0.3, -0.25) is 13.9 Å². The van der Waals surface area contributed by atoms with Gasteiger partial charge < -0.3 is 15.0 Å². The Bertz CT molecular complexity index is 1500. The van der Waals surface area contributed by atoms with E-state index in [0.29, 0.717) is 23.6 Å². The number of amides is 2. The van der Waals surface area contributed by atoms with Crippen LogP contribution in [-0.4, -0.2) is 56.6 Å². The molecule has 1 aliphatic rings. The highest BCUT2D eigenvalue weighted by Gasteiger charge is 2.32. The number of benzene rings is 3. The van der Waals surface area contributed by atoms with Gasteiger partial charge in [-0.15, -0.1) is 0 Å². The molecule has 1 aliphatic carbocycles. The van der Waals surface area contributed by atoms with E-state index in [0.717, 1.165) is 43.9 Å². The summed E-state index contributed by atoms with van der Waals surface area (Å²) in [5, 5.41) is 3.18. The molecular weight excluding hydrogens is 593 g/mol. The number of halogens is 1. The van der Waals surface area contributed by atoms with Crippen molar-refractivity contribution in [2.24, 2.45) is 0 Å². The number of hydrogen-bond donors (Lipinski definition) is 1. The van der Waals surface area contributed by atoms with Crippen molar-refractivity contribution in [2.75, 3.05) is 23.7 Å². The molecule has 1 saturated carbocycles. The van der Waals surface area contributed by atoms with Crippen molar-refractivity contribution >= 4 is 27.5 Å². The summed E-state index contributed by atoms with van der Waals surface area (Å²) < 4.78 is 47.1. The number of carbonyl (C=O) groups is 2. The molecule has 45 heavy (non-hydrogen) atoms. The SMILES string of the molecule is CCOc1ccc(N(CCCC(=O)N(Cc2ccccc2F)C(Cc2ccccc2)C(=O)NC2CCCCC2)S(C)(=O)=O)cc1. The quantitative estimate of drug-likeness (QED) is 0.225. The lowest BCUT2D eigenvalue weighted by molar-refractivity contribution is -0.141. The predicted molar refractivity (Wildman–Crippen MR) is 175 cm³/mol. The molecule has 0 spiro atoms. The Balaban J connectivity index is 1.58. The maximum atomic E-state index is 14.9. The van der Waals surface area contributed by atoms with Crippen LogP contribution in [0.3, 0.4) is 0 Å². The zero-order valence-corrected chi connectivity index (χ0v) is 27.0. The van der Waals surface area contributed by atoms with E-state index in [1.165, 1.54) is 15.3 Å². The lowest BCUT2D eigenvalue weighted by Crippen LogP contribution is -2.53. The average molecular weight is 638 g/mol. The Morgan fingerprint density at radius 2 is 1.62 bits per heavy atom. The first-order valence-electron chi connectivity index (χ1n) is 15.7. The molecule has 1 unspecified atom stereocenters. The largest absolute Gasteiger partial charge is 0.494 e. The highest BCUT2D eigenvalue weighted by Crippen LogP contribution is 2.24. The van der Waals surface area contributed by atoms with Crippen LogP contribution < -0.4 is 14.4 Å². The summed E-state index contributed by atoms with van der Waals surface area (Å²) in [4.78, 5) is 29.4. The zero-order chi connectivity index (χ0) is 32.2. The number of nitrogens with zero attached hydrogens (tertiary/aromatic N) is 2. The van der Waals surface area contributed by atoms with E-state index in [9.17, 15) is 22.4 Å². The summed E-state index contributed by atoms with van der Waals surface area (Å²) in [6.45, 7) is 2.33. The summed E-state index contributed by atoms with van der Waals surface area (Å²) >= 11 is 0. The van der Waals surface area contributed by atoms with E-state index in [4.69, 9.17) is 4.74 Å². The Morgan fingerprint density at radius 3 is 2.27 bits per heavy atom. The van der Waals surface area contributed by atoms with Crippen molar-refractivity contribution in [3.63, 3.8) is 0 Å². The normalized spacial score (nSPS) is 14.4. The van der Waals surface area contributed by atoms with E-state index in [-0.39, 0.29) is 50.2 Å². The monoisotopic (exact) mass is 637 g/mol. The van der Waals surface area contributed by atoms with Crippen LogP contribution in [0, 0.1) is 5.82 Å². The van der Waals surface area contributed by atoms with Gasteiger partial charge in [0.25, 0.3) is 0 Å². The number of hydrogen-bond acceptors (Lipinski definition) is 5. The summed E-state index contributed by atoms with van der Waals surface area (Å²) in [7, 11) is -3.65. The number of nitrogens with one attached hydrogen (secondary N) is 1. The van der Waals surface area contributed by atoms with Crippen LogP contribution >= 0.6 is 0 Å². The number of rotatable bonds is 15. The zero-order valence-electron chi connectivity index (χ0n) is 26.2. The first kappa shape index (κ1) is 34.0. The second-order valence-corrected chi connectivity index (χ2v) is 13.4. The maximum absolute atomic E-state index is 14.9. The second-order valence-electron chi connectivity index (χ2n) is 11.5. The first-order valence-corrected chi connectivity index (χ1v) is 17.6. The van der Waals surface area contributed by atoms with Crippen molar-refractivity contribution in [1.29, 1.82) is 0 Å². The van der Waals surface area contributed by atoms with Crippen molar-refractivity contribution in [3.8, 4) is 5.75 Å². The minimum atomic E-state index is -3.65. The van der Waals surface area contributed by atoms with E-state index < -0.39 is 21.9 Å². The molecule has 8 nitrogen and oxygen atoms in total. The molecule has 3 aromatic carbocycles. The summed E-state index contributed by atoms with van der Waals surface area (Å²) in [6, 6.07) is 21.6. The van der Waals surface area contributed by atoms with E-state index in [1.54, 1.807) is 42.5 Å². The van der Waals surface area contributed by atoms with Gasteiger partial charge in [-0.1, -0.05) is 67.8 Å². The second kappa shape index (κ2) is 16.4. The third kappa shape index (κ3) is 10.0. The van der Waals surface area contributed by atoms with Gasteiger partial charge in [0, 0.05) is 37.5 Å². The van der Waals surface area contributed by atoms with Crippen molar-refractivity contribution in [1.82, 2.24) is 10.2 Å². The first-order chi connectivity index (χ1) is 21.7. The summed E-state index contributed by atoms with van der Waals surface area (Å²) in [6.07, 6.45) is 6.56. The van der Waals surface area contributed by atoms with Crippen LogP contribution in [0.1, 0.15) is 63.0 Å². The fraction of sp³-hybridized carbons (Fsp3) is 0.429. The van der Waals surface area contributed by atoms with Crippen LogP contribution in [0.2, 0.25) is 0 Å². The molecular formula is C35H44FN3O5S. The Labute approximate surface area is 266 Å². The van der Waals surface area contributed by atoms with Crippen LogP contribution in [-0.2, 0) is 32.6 Å². The third-order valence-electron chi connectivity index (χ3n) is 8.11. The molecule has 4 rings (SSSR count). The minimum Gasteiger partial charge on any atom is -0.494 e. The molecule has 0 aliphatic heterocycles. The summed E-state index contributed by atoms with van der Waals surface area (Å²) in [5.41, 5.74) is 1.65. The fourth-order valence-corrected chi connectivity index (χ4v) is 6.75. The van der Waals surface area contributed by atoms with Gasteiger partial charge in [0.15, 0.2) is 0 Å². The Hall–Kier alpha value is -3.92. The number of sulfonamides is 1. The molecule has 0 radical (unpaired) electrons. The van der Waals surface area contributed by atoms with Crippen molar-refractivity contribution in [2.45, 2.75) is 76.9 Å². The molecule has 0 aromatic heterocycles. The van der Waals surface area contributed by atoms with Crippen LogP contribution in [0.15, 0.2) is 78.9 Å². The molecule has 0 saturated heterocycles.